The van der Waals surface area contributed by atoms with Gasteiger partial charge in [-0.15, -0.1) is 0 Å². The van der Waals surface area contributed by atoms with Gasteiger partial charge in [0.15, 0.2) is 6.10 Å². The van der Waals surface area contributed by atoms with Crippen LogP contribution in [0.3, 0.4) is 0 Å². The number of ether oxygens (including phenoxy) is 3. The summed E-state index contributed by atoms with van der Waals surface area (Å²) in [6.07, 6.45) is 42.3. The number of carbonyl (C=O) groups is 3. The van der Waals surface area contributed by atoms with E-state index in [0.717, 1.165) is 69.6 Å². The van der Waals surface area contributed by atoms with E-state index in [1.54, 1.807) is 0 Å². The average Bonchev–Trinajstić information content (AvgIpc) is 3.19. The molecule has 2 unspecified atom stereocenters. The molecule has 6 heteroatoms. The van der Waals surface area contributed by atoms with E-state index in [1.807, 2.05) is 0 Å². The van der Waals surface area contributed by atoms with E-state index >= 15 is 0 Å². The lowest BCUT2D eigenvalue weighted by Gasteiger charge is -2.18. The Morgan fingerprint density at radius 2 is 0.625 bits per heavy atom. The summed E-state index contributed by atoms with van der Waals surface area (Å²) < 4.78 is 16.7. The smallest absolute Gasteiger partial charge is 0.306 e. The quantitative estimate of drug-likeness (QED) is 0.0347. The molecule has 0 fully saturated rings. The van der Waals surface area contributed by atoms with Crippen LogP contribution in [0.15, 0.2) is 0 Å². The molecule has 0 aromatic rings. The second kappa shape index (κ2) is 43.0. The van der Waals surface area contributed by atoms with Gasteiger partial charge >= 0.3 is 17.9 Å². The van der Waals surface area contributed by atoms with Crippen molar-refractivity contribution >= 4 is 17.9 Å². The molecule has 3 atom stereocenters. The Morgan fingerprint density at radius 3 is 0.929 bits per heavy atom. The molecule has 0 aromatic carbocycles. The van der Waals surface area contributed by atoms with Crippen LogP contribution in [0.25, 0.3) is 0 Å². The van der Waals surface area contributed by atoms with Gasteiger partial charge in [-0.05, 0) is 31.1 Å². The van der Waals surface area contributed by atoms with Gasteiger partial charge in [-0.1, -0.05) is 234 Å². The van der Waals surface area contributed by atoms with Crippen molar-refractivity contribution in [2.45, 2.75) is 278 Å². The fourth-order valence-electron chi connectivity index (χ4n) is 7.39. The Bertz CT molecular complexity index is 858. The van der Waals surface area contributed by atoms with Crippen molar-refractivity contribution in [3.8, 4) is 0 Å². The summed E-state index contributed by atoms with van der Waals surface area (Å²) in [6, 6.07) is 0. The average molecular weight is 793 g/mol. The van der Waals surface area contributed by atoms with Gasteiger partial charge in [0.2, 0.25) is 0 Å². The second-order valence-electron chi connectivity index (χ2n) is 17.6. The summed E-state index contributed by atoms with van der Waals surface area (Å²) in [6.45, 7) is 11.4. The zero-order valence-corrected chi connectivity index (χ0v) is 38.3. The Balaban J connectivity index is 4.25. The first-order valence-electron chi connectivity index (χ1n) is 24.8. The predicted molar refractivity (Wildman–Crippen MR) is 238 cm³/mol. The van der Waals surface area contributed by atoms with Gasteiger partial charge in [-0.25, -0.2) is 0 Å². The van der Waals surface area contributed by atoms with Gasteiger partial charge in [0.25, 0.3) is 0 Å². The van der Waals surface area contributed by atoms with E-state index < -0.39 is 6.10 Å². The molecule has 0 aliphatic carbocycles. The molecule has 332 valence electrons. The minimum Gasteiger partial charge on any atom is -0.462 e. The molecule has 0 bridgehead atoms. The highest BCUT2D eigenvalue weighted by Gasteiger charge is 2.19. The number of esters is 3. The Labute approximate surface area is 348 Å². The van der Waals surface area contributed by atoms with Crippen molar-refractivity contribution in [1.82, 2.24) is 0 Å². The molecule has 0 heterocycles. The van der Waals surface area contributed by atoms with Gasteiger partial charge in [-0.2, -0.15) is 0 Å². The summed E-state index contributed by atoms with van der Waals surface area (Å²) in [4.78, 5) is 37.8. The standard InChI is InChI=1S/C50H96O6/c1-6-9-10-11-12-13-21-24-30-35-40-48(51)54-43-47(56-50(53)42-37-32-27-26-29-34-39-46(5)8-3)44-55-49(52)41-36-31-25-22-19-17-15-14-16-18-20-23-28-33-38-45(4)7-2/h45-47H,6-44H2,1-5H3/t45?,46?,47-/m1/s1. The molecule has 0 rings (SSSR count). The zero-order chi connectivity index (χ0) is 41.2. The van der Waals surface area contributed by atoms with Crippen LogP contribution in [0.2, 0.25) is 0 Å². The summed E-state index contributed by atoms with van der Waals surface area (Å²) in [5.74, 6) is 0.849. The molecule has 0 aromatic heterocycles. The third kappa shape index (κ3) is 40.6. The molecule has 0 amide bonds. The maximum absolute atomic E-state index is 12.7. The van der Waals surface area contributed by atoms with Crippen molar-refractivity contribution in [3.05, 3.63) is 0 Å². The minimum absolute atomic E-state index is 0.0650. The first kappa shape index (κ1) is 54.4. The number of hydrogen-bond donors (Lipinski definition) is 0. The summed E-state index contributed by atoms with van der Waals surface area (Å²) in [5, 5.41) is 0. The molecular formula is C50H96O6. The lowest BCUT2D eigenvalue weighted by atomic mass is 9.99. The lowest BCUT2D eigenvalue weighted by Crippen LogP contribution is -2.30. The number of hydrogen-bond acceptors (Lipinski definition) is 6. The molecule has 0 saturated heterocycles. The summed E-state index contributed by atoms with van der Waals surface area (Å²) in [7, 11) is 0. The molecule has 0 radical (unpaired) electrons. The molecule has 0 spiro atoms. The van der Waals surface area contributed by atoms with Gasteiger partial charge in [-0.3, -0.25) is 14.4 Å². The first-order valence-corrected chi connectivity index (χ1v) is 24.8. The summed E-state index contributed by atoms with van der Waals surface area (Å²) >= 11 is 0. The third-order valence-corrected chi connectivity index (χ3v) is 11.9. The maximum atomic E-state index is 12.7. The fraction of sp³-hybridized carbons (Fsp3) is 0.940. The SMILES string of the molecule is CCCCCCCCCCCCC(=O)OC[C@H](COC(=O)CCCCCCCCCCCCCCCCC(C)CC)OC(=O)CCCCCCCCC(C)CC. The monoisotopic (exact) mass is 793 g/mol. The highest BCUT2D eigenvalue weighted by atomic mass is 16.6. The van der Waals surface area contributed by atoms with E-state index in [4.69, 9.17) is 14.2 Å². The van der Waals surface area contributed by atoms with Crippen LogP contribution in [-0.4, -0.2) is 37.2 Å². The van der Waals surface area contributed by atoms with Gasteiger partial charge < -0.3 is 14.2 Å². The van der Waals surface area contributed by atoms with Gasteiger partial charge in [0.1, 0.15) is 13.2 Å². The Kier molecular flexibility index (Phi) is 41.8. The van der Waals surface area contributed by atoms with Crippen molar-refractivity contribution in [3.63, 3.8) is 0 Å². The normalized spacial score (nSPS) is 13.0. The van der Waals surface area contributed by atoms with E-state index in [0.29, 0.717) is 19.3 Å². The number of carbonyl (C=O) groups excluding carboxylic acids is 3. The lowest BCUT2D eigenvalue weighted by molar-refractivity contribution is -0.167. The zero-order valence-electron chi connectivity index (χ0n) is 38.3. The van der Waals surface area contributed by atoms with Crippen LogP contribution in [0.1, 0.15) is 272 Å². The number of unbranched alkanes of at least 4 members (excludes halogenated alkanes) is 27. The van der Waals surface area contributed by atoms with Gasteiger partial charge in [0, 0.05) is 19.3 Å². The van der Waals surface area contributed by atoms with E-state index in [1.165, 1.54) is 161 Å². The van der Waals surface area contributed by atoms with Crippen molar-refractivity contribution in [2.24, 2.45) is 11.8 Å². The molecule has 0 aliphatic rings. The van der Waals surface area contributed by atoms with Crippen LogP contribution in [0.4, 0.5) is 0 Å². The van der Waals surface area contributed by atoms with Crippen molar-refractivity contribution in [2.75, 3.05) is 13.2 Å². The Hall–Kier alpha value is -1.59. The Morgan fingerprint density at radius 1 is 0.357 bits per heavy atom. The molecule has 0 N–H and O–H groups in total. The van der Waals surface area contributed by atoms with Crippen LogP contribution in [-0.2, 0) is 28.6 Å². The molecule has 56 heavy (non-hydrogen) atoms. The summed E-state index contributed by atoms with van der Waals surface area (Å²) in [5.41, 5.74) is 0. The van der Waals surface area contributed by atoms with Crippen molar-refractivity contribution in [1.29, 1.82) is 0 Å². The third-order valence-electron chi connectivity index (χ3n) is 11.9. The molecule has 0 saturated carbocycles. The predicted octanol–water partition coefficient (Wildman–Crippen LogP) is 15.8. The van der Waals surface area contributed by atoms with Crippen LogP contribution < -0.4 is 0 Å². The number of rotatable bonds is 44. The van der Waals surface area contributed by atoms with Crippen LogP contribution >= 0.6 is 0 Å². The molecule has 6 nitrogen and oxygen atoms in total. The van der Waals surface area contributed by atoms with Crippen LogP contribution in [0, 0.1) is 11.8 Å². The highest BCUT2D eigenvalue weighted by Crippen LogP contribution is 2.18. The van der Waals surface area contributed by atoms with E-state index in [2.05, 4.69) is 34.6 Å². The molecular weight excluding hydrogens is 697 g/mol. The van der Waals surface area contributed by atoms with Crippen LogP contribution in [0.5, 0.6) is 0 Å². The first-order chi connectivity index (χ1) is 27.3. The fourth-order valence-corrected chi connectivity index (χ4v) is 7.39. The molecule has 0 aliphatic heterocycles. The highest BCUT2D eigenvalue weighted by molar-refractivity contribution is 5.71. The van der Waals surface area contributed by atoms with E-state index in [-0.39, 0.29) is 31.1 Å². The second-order valence-corrected chi connectivity index (χ2v) is 17.6. The topological polar surface area (TPSA) is 78.9 Å². The minimum atomic E-state index is -0.761. The van der Waals surface area contributed by atoms with E-state index in [9.17, 15) is 14.4 Å². The maximum Gasteiger partial charge on any atom is 0.306 e. The largest absolute Gasteiger partial charge is 0.462 e. The van der Waals surface area contributed by atoms with Gasteiger partial charge in [0.05, 0.1) is 0 Å². The van der Waals surface area contributed by atoms with Crippen molar-refractivity contribution < 1.29 is 28.6 Å².